The fourth-order valence-electron chi connectivity index (χ4n) is 1.66. The number of rotatable bonds is 7. The zero-order valence-corrected chi connectivity index (χ0v) is 11.3. The van der Waals surface area contributed by atoms with Gasteiger partial charge in [-0.1, -0.05) is 13.8 Å². The van der Waals surface area contributed by atoms with Crippen molar-refractivity contribution in [2.24, 2.45) is 0 Å². The summed E-state index contributed by atoms with van der Waals surface area (Å²) in [7, 11) is 0. The standard InChI is InChI=1S/C13H23N3O/c1-5-8-14-12-9-10(4)15-13(16-12)11(6-2)17-7-3/h9,11H,5-8H2,1-4H3,(H,14,15,16). The number of hydrogen-bond donors (Lipinski definition) is 1. The van der Waals surface area contributed by atoms with Gasteiger partial charge in [-0.05, 0) is 26.7 Å². The lowest BCUT2D eigenvalue weighted by molar-refractivity contribution is 0.0534. The maximum Gasteiger partial charge on any atom is 0.159 e. The minimum absolute atomic E-state index is 0.00192. The van der Waals surface area contributed by atoms with Crippen LogP contribution in [-0.4, -0.2) is 23.1 Å². The summed E-state index contributed by atoms with van der Waals surface area (Å²) in [5.41, 5.74) is 0.978. The van der Waals surface area contributed by atoms with Crippen molar-refractivity contribution in [3.63, 3.8) is 0 Å². The molecule has 1 atom stereocenters. The molecule has 0 saturated carbocycles. The van der Waals surface area contributed by atoms with Gasteiger partial charge in [-0.15, -0.1) is 0 Å². The van der Waals surface area contributed by atoms with Gasteiger partial charge >= 0.3 is 0 Å². The van der Waals surface area contributed by atoms with E-state index in [1.54, 1.807) is 0 Å². The lowest BCUT2D eigenvalue weighted by Gasteiger charge is -2.15. The number of nitrogens with zero attached hydrogens (tertiary/aromatic N) is 2. The number of aryl methyl sites for hydroxylation is 1. The van der Waals surface area contributed by atoms with Crippen LogP contribution in [0.4, 0.5) is 5.82 Å². The van der Waals surface area contributed by atoms with Crippen LogP contribution < -0.4 is 5.32 Å². The van der Waals surface area contributed by atoms with Gasteiger partial charge < -0.3 is 10.1 Å². The molecule has 0 saturated heterocycles. The minimum Gasteiger partial charge on any atom is -0.371 e. The fraction of sp³-hybridized carbons (Fsp3) is 0.692. The zero-order valence-electron chi connectivity index (χ0n) is 11.3. The average Bonchev–Trinajstić information content (AvgIpc) is 2.32. The van der Waals surface area contributed by atoms with Gasteiger partial charge in [0, 0.05) is 24.9 Å². The van der Waals surface area contributed by atoms with Gasteiger partial charge in [0.2, 0.25) is 0 Å². The Morgan fingerprint density at radius 1 is 1.29 bits per heavy atom. The molecule has 1 aromatic rings. The van der Waals surface area contributed by atoms with E-state index in [1.165, 1.54) is 0 Å². The Balaban J connectivity index is 2.86. The third kappa shape index (κ3) is 4.30. The van der Waals surface area contributed by atoms with E-state index in [2.05, 4.69) is 29.1 Å². The molecule has 96 valence electrons. The first-order valence-electron chi connectivity index (χ1n) is 6.42. The topological polar surface area (TPSA) is 47.0 Å². The van der Waals surface area contributed by atoms with Crippen molar-refractivity contribution in [3.8, 4) is 0 Å². The van der Waals surface area contributed by atoms with Crippen molar-refractivity contribution in [3.05, 3.63) is 17.6 Å². The van der Waals surface area contributed by atoms with Crippen molar-refractivity contribution in [2.45, 2.75) is 46.6 Å². The Morgan fingerprint density at radius 2 is 2.06 bits per heavy atom. The predicted molar refractivity (Wildman–Crippen MR) is 70.2 cm³/mol. The summed E-state index contributed by atoms with van der Waals surface area (Å²) in [6.07, 6.45) is 1.98. The molecule has 0 aliphatic carbocycles. The van der Waals surface area contributed by atoms with E-state index in [-0.39, 0.29) is 6.10 Å². The molecule has 0 spiro atoms. The smallest absolute Gasteiger partial charge is 0.159 e. The summed E-state index contributed by atoms with van der Waals surface area (Å²) in [4.78, 5) is 8.97. The molecule has 1 unspecified atom stereocenters. The first-order chi connectivity index (χ1) is 8.21. The van der Waals surface area contributed by atoms with Crippen LogP contribution in [0.25, 0.3) is 0 Å². The molecule has 1 heterocycles. The normalized spacial score (nSPS) is 12.5. The quantitative estimate of drug-likeness (QED) is 0.791. The monoisotopic (exact) mass is 237 g/mol. The summed E-state index contributed by atoms with van der Waals surface area (Å²) >= 11 is 0. The highest BCUT2D eigenvalue weighted by atomic mass is 16.5. The Hall–Kier alpha value is -1.16. The van der Waals surface area contributed by atoms with E-state index in [0.717, 1.165) is 36.7 Å². The van der Waals surface area contributed by atoms with Crippen LogP contribution in [0, 0.1) is 6.92 Å². The summed E-state index contributed by atoms with van der Waals surface area (Å²) in [5, 5.41) is 3.29. The first-order valence-corrected chi connectivity index (χ1v) is 6.42. The van der Waals surface area contributed by atoms with Crippen LogP contribution in [0.15, 0.2) is 6.07 Å². The summed E-state index contributed by atoms with van der Waals surface area (Å²) in [6, 6.07) is 1.97. The Bertz CT molecular complexity index is 341. The SMILES string of the molecule is CCCNc1cc(C)nc(C(CC)OCC)n1. The van der Waals surface area contributed by atoms with Crippen molar-refractivity contribution in [1.29, 1.82) is 0 Å². The van der Waals surface area contributed by atoms with Crippen LogP contribution in [0.5, 0.6) is 0 Å². The molecule has 0 aliphatic heterocycles. The van der Waals surface area contributed by atoms with Crippen LogP contribution in [0.2, 0.25) is 0 Å². The Morgan fingerprint density at radius 3 is 2.65 bits per heavy atom. The second-order valence-corrected chi connectivity index (χ2v) is 4.03. The maximum absolute atomic E-state index is 5.64. The molecule has 1 aromatic heterocycles. The van der Waals surface area contributed by atoms with Crippen molar-refractivity contribution in [1.82, 2.24) is 9.97 Å². The van der Waals surface area contributed by atoms with Crippen LogP contribution in [-0.2, 0) is 4.74 Å². The van der Waals surface area contributed by atoms with Crippen LogP contribution in [0.3, 0.4) is 0 Å². The summed E-state index contributed by atoms with van der Waals surface area (Å²) in [6.45, 7) is 9.83. The van der Waals surface area contributed by atoms with E-state index in [9.17, 15) is 0 Å². The number of aromatic nitrogens is 2. The van der Waals surface area contributed by atoms with Gasteiger partial charge in [-0.25, -0.2) is 9.97 Å². The van der Waals surface area contributed by atoms with E-state index in [1.807, 2.05) is 19.9 Å². The third-order valence-corrected chi connectivity index (χ3v) is 2.45. The molecule has 0 amide bonds. The highest BCUT2D eigenvalue weighted by Crippen LogP contribution is 2.19. The number of hydrogen-bond acceptors (Lipinski definition) is 4. The van der Waals surface area contributed by atoms with Crippen LogP contribution >= 0.6 is 0 Å². The fourth-order valence-corrected chi connectivity index (χ4v) is 1.66. The van der Waals surface area contributed by atoms with Gasteiger partial charge in [0.25, 0.3) is 0 Å². The second kappa shape index (κ2) is 7.22. The van der Waals surface area contributed by atoms with Crippen molar-refractivity contribution in [2.75, 3.05) is 18.5 Å². The maximum atomic E-state index is 5.64. The second-order valence-electron chi connectivity index (χ2n) is 4.03. The van der Waals surface area contributed by atoms with Gasteiger partial charge in [0.05, 0.1) is 0 Å². The molecule has 0 aliphatic rings. The van der Waals surface area contributed by atoms with Crippen molar-refractivity contribution < 1.29 is 4.74 Å². The third-order valence-electron chi connectivity index (χ3n) is 2.45. The molecule has 4 heteroatoms. The van der Waals surface area contributed by atoms with E-state index >= 15 is 0 Å². The van der Waals surface area contributed by atoms with Gasteiger partial charge in [0.1, 0.15) is 11.9 Å². The van der Waals surface area contributed by atoms with E-state index in [4.69, 9.17) is 4.74 Å². The van der Waals surface area contributed by atoms with Crippen molar-refractivity contribution >= 4 is 5.82 Å². The molecule has 4 nitrogen and oxygen atoms in total. The number of anilines is 1. The van der Waals surface area contributed by atoms with Crippen LogP contribution in [0.1, 0.15) is 51.2 Å². The average molecular weight is 237 g/mol. The zero-order chi connectivity index (χ0) is 12.7. The molecule has 1 N–H and O–H groups in total. The van der Waals surface area contributed by atoms with E-state index in [0.29, 0.717) is 6.61 Å². The van der Waals surface area contributed by atoms with Gasteiger partial charge in [-0.3, -0.25) is 0 Å². The summed E-state index contributed by atoms with van der Waals surface area (Å²) in [5.74, 6) is 1.68. The van der Waals surface area contributed by atoms with Gasteiger partial charge in [-0.2, -0.15) is 0 Å². The lowest BCUT2D eigenvalue weighted by atomic mass is 10.2. The number of nitrogens with one attached hydrogen (secondary N) is 1. The highest BCUT2D eigenvalue weighted by molar-refractivity contribution is 5.35. The molecule has 1 rings (SSSR count). The van der Waals surface area contributed by atoms with Gasteiger partial charge in [0.15, 0.2) is 5.82 Å². The molecule has 0 bridgehead atoms. The van der Waals surface area contributed by atoms with E-state index < -0.39 is 0 Å². The summed E-state index contributed by atoms with van der Waals surface area (Å²) < 4.78 is 5.64. The Labute approximate surface area is 104 Å². The molecular weight excluding hydrogens is 214 g/mol. The number of ether oxygens (including phenoxy) is 1. The lowest BCUT2D eigenvalue weighted by Crippen LogP contribution is -2.11. The molecule has 0 aromatic carbocycles. The Kier molecular flexibility index (Phi) is 5.91. The molecule has 0 fully saturated rings. The minimum atomic E-state index is 0.00192. The highest BCUT2D eigenvalue weighted by Gasteiger charge is 2.13. The molecular formula is C13H23N3O. The largest absolute Gasteiger partial charge is 0.371 e. The predicted octanol–water partition coefficient (Wildman–Crippen LogP) is 3.09. The molecule has 0 radical (unpaired) electrons. The first kappa shape index (κ1) is 13.9. The molecule has 17 heavy (non-hydrogen) atoms.